The van der Waals surface area contributed by atoms with Crippen LogP contribution in [0.15, 0.2) is 52.0 Å². The van der Waals surface area contributed by atoms with Crippen molar-refractivity contribution in [1.29, 1.82) is 5.26 Å². The zero-order chi connectivity index (χ0) is 23.1. The molecule has 3 rings (SSSR count). The Hall–Kier alpha value is -2.63. The monoisotopic (exact) mass is 532 g/mol. The van der Waals surface area contributed by atoms with Crippen LogP contribution in [0.3, 0.4) is 0 Å². The number of rotatable bonds is 8. The van der Waals surface area contributed by atoms with Gasteiger partial charge in [-0.2, -0.15) is 10.4 Å². The van der Waals surface area contributed by atoms with Crippen molar-refractivity contribution < 1.29 is 9.47 Å². The predicted octanol–water partition coefficient (Wildman–Crippen LogP) is 6.50. The van der Waals surface area contributed by atoms with Crippen molar-refractivity contribution in [3.05, 3.63) is 84.9 Å². The van der Waals surface area contributed by atoms with Crippen molar-refractivity contribution in [2.24, 2.45) is 5.10 Å². The highest BCUT2D eigenvalue weighted by atomic mass is 79.9. The lowest BCUT2D eigenvalue weighted by Gasteiger charge is -2.10. The molecule has 0 atom stereocenters. The van der Waals surface area contributed by atoms with Crippen LogP contribution in [0.5, 0.6) is 5.75 Å². The second kappa shape index (κ2) is 11.3. The van der Waals surface area contributed by atoms with Crippen LogP contribution in [0.2, 0.25) is 10.0 Å². The Morgan fingerprint density at radius 3 is 2.66 bits per heavy atom. The highest BCUT2D eigenvalue weighted by Gasteiger charge is 2.11. The van der Waals surface area contributed by atoms with Crippen LogP contribution in [-0.2, 0) is 18.0 Å². The zero-order valence-corrected chi connectivity index (χ0v) is 20.4. The molecule has 0 fully saturated rings. The number of methoxy groups -OCH3 is 1. The molecule has 1 N–H and O–H groups in total. The SMILES string of the molecule is COCc1cc(C)nc(N/N=C\c2ccc(OCc3ccc(Cl)c(Cl)c3)c(Br)c2)c1C#N. The molecule has 0 aliphatic heterocycles. The van der Waals surface area contributed by atoms with Gasteiger partial charge in [0.15, 0.2) is 5.82 Å². The molecule has 0 amide bonds. The summed E-state index contributed by atoms with van der Waals surface area (Å²) in [6, 6.07) is 14.9. The Balaban J connectivity index is 1.68. The third-order valence-corrected chi connectivity index (χ3v) is 5.72. The van der Waals surface area contributed by atoms with Crippen molar-refractivity contribution in [3.63, 3.8) is 0 Å². The zero-order valence-electron chi connectivity index (χ0n) is 17.3. The summed E-state index contributed by atoms with van der Waals surface area (Å²) in [6.07, 6.45) is 1.63. The molecule has 1 aromatic heterocycles. The van der Waals surface area contributed by atoms with Gasteiger partial charge in [0, 0.05) is 18.4 Å². The molecular formula is C23H19BrCl2N4O2. The Morgan fingerprint density at radius 1 is 1.16 bits per heavy atom. The molecule has 164 valence electrons. The highest BCUT2D eigenvalue weighted by molar-refractivity contribution is 9.10. The minimum absolute atomic E-state index is 0.321. The van der Waals surface area contributed by atoms with E-state index in [-0.39, 0.29) is 0 Å². The van der Waals surface area contributed by atoms with Crippen molar-refractivity contribution in [2.45, 2.75) is 20.1 Å². The number of nitrogens with one attached hydrogen (secondary N) is 1. The molecule has 1 heterocycles. The smallest absolute Gasteiger partial charge is 0.164 e. The molecule has 9 heteroatoms. The van der Waals surface area contributed by atoms with Gasteiger partial charge in [0.2, 0.25) is 0 Å². The fourth-order valence-electron chi connectivity index (χ4n) is 2.89. The van der Waals surface area contributed by atoms with Gasteiger partial charge in [0.05, 0.1) is 27.3 Å². The Bertz CT molecular complexity index is 1200. The van der Waals surface area contributed by atoms with E-state index in [2.05, 4.69) is 37.5 Å². The average Bonchev–Trinajstić information content (AvgIpc) is 2.75. The number of aryl methyl sites for hydroxylation is 1. The molecular weight excluding hydrogens is 515 g/mol. The van der Waals surface area contributed by atoms with Gasteiger partial charge in [-0.05, 0) is 70.4 Å². The maximum Gasteiger partial charge on any atom is 0.164 e. The number of nitriles is 1. The molecule has 0 aliphatic rings. The first-order chi connectivity index (χ1) is 15.4. The van der Waals surface area contributed by atoms with Gasteiger partial charge in [0.25, 0.3) is 0 Å². The first-order valence-electron chi connectivity index (χ1n) is 9.46. The molecule has 6 nitrogen and oxygen atoms in total. The van der Waals surface area contributed by atoms with Crippen molar-refractivity contribution in [2.75, 3.05) is 12.5 Å². The lowest BCUT2D eigenvalue weighted by molar-refractivity contribution is 0.184. The molecule has 32 heavy (non-hydrogen) atoms. The van der Waals surface area contributed by atoms with Crippen molar-refractivity contribution in [3.8, 4) is 11.8 Å². The summed E-state index contributed by atoms with van der Waals surface area (Å²) in [5.41, 5.74) is 6.52. The van der Waals surface area contributed by atoms with E-state index in [4.69, 9.17) is 32.7 Å². The molecule has 0 unspecified atom stereocenters. The van der Waals surface area contributed by atoms with Crippen molar-refractivity contribution >= 4 is 51.2 Å². The molecule has 0 aliphatic carbocycles. The lowest BCUT2D eigenvalue weighted by Crippen LogP contribution is -2.03. The van der Waals surface area contributed by atoms with Gasteiger partial charge in [-0.3, -0.25) is 5.43 Å². The summed E-state index contributed by atoms with van der Waals surface area (Å²) in [5, 5.41) is 14.7. The van der Waals surface area contributed by atoms with Crippen LogP contribution in [-0.4, -0.2) is 18.3 Å². The van der Waals surface area contributed by atoms with E-state index in [1.807, 2.05) is 37.3 Å². The summed E-state index contributed by atoms with van der Waals surface area (Å²) in [7, 11) is 1.58. The Morgan fingerprint density at radius 2 is 1.97 bits per heavy atom. The standard InChI is InChI=1S/C23H19BrCl2N4O2/c1-14-7-17(13-31-2)18(10-27)23(29-14)30-28-11-15-4-6-22(19(24)8-15)32-12-16-3-5-20(25)21(26)9-16/h3-9,11H,12-13H2,1-2H3,(H,29,30)/b28-11-. The molecule has 0 spiro atoms. The predicted molar refractivity (Wildman–Crippen MR) is 131 cm³/mol. The van der Waals surface area contributed by atoms with E-state index < -0.39 is 0 Å². The lowest BCUT2D eigenvalue weighted by atomic mass is 10.1. The summed E-state index contributed by atoms with van der Waals surface area (Å²) < 4.78 is 11.8. The van der Waals surface area contributed by atoms with Gasteiger partial charge >= 0.3 is 0 Å². The Kier molecular flexibility index (Phi) is 8.48. The molecule has 0 bridgehead atoms. The minimum Gasteiger partial charge on any atom is -0.488 e. The van der Waals surface area contributed by atoms with Crippen LogP contribution in [0, 0.1) is 18.3 Å². The topological polar surface area (TPSA) is 79.5 Å². The quantitative estimate of drug-likeness (QED) is 0.264. The largest absolute Gasteiger partial charge is 0.488 e. The number of anilines is 1. The van der Waals surface area contributed by atoms with Gasteiger partial charge < -0.3 is 9.47 Å². The maximum atomic E-state index is 9.49. The third kappa shape index (κ3) is 6.21. The van der Waals surface area contributed by atoms with Crippen LogP contribution in [0.25, 0.3) is 0 Å². The van der Waals surface area contributed by atoms with Crippen molar-refractivity contribution in [1.82, 2.24) is 4.98 Å². The summed E-state index contributed by atoms with van der Waals surface area (Å²) in [5.74, 6) is 1.06. The minimum atomic E-state index is 0.321. The van der Waals surface area contributed by atoms with E-state index in [1.54, 1.807) is 25.5 Å². The van der Waals surface area contributed by atoms with Crippen LogP contribution in [0.1, 0.15) is 27.9 Å². The number of halogens is 3. The van der Waals surface area contributed by atoms with Gasteiger partial charge in [0.1, 0.15) is 24.0 Å². The number of hydrogen-bond donors (Lipinski definition) is 1. The highest BCUT2D eigenvalue weighted by Crippen LogP contribution is 2.28. The number of pyridine rings is 1. The second-order valence-corrected chi connectivity index (χ2v) is 8.46. The van der Waals surface area contributed by atoms with E-state index >= 15 is 0 Å². The molecule has 0 radical (unpaired) electrons. The first kappa shape index (κ1) is 24.0. The molecule has 0 saturated heterocycles. The van der Waals surface area contributed by atoms with Crippen LogP contribution < -0.4 is 10.2 Å². The number of aromatic nitrogens is 1. The number of benzene rings is 2. The number of ether oxygens (including phenoxy) is 2. The summed E-state index contributed by atoms with van der Waals surface area (Å²) in [6.45, 7) is 2.52. The first-order valence-corrected chi connectivity index (χ1v) is 11.0. The number of nitrogens with zero attached hydrogens (tertiary/aromatic N) is 3. The van der Waals surface area contributed by atoms with Gasteiger partial charge in [-0.15, -0.1) is 0 Å². The molecule has 2 aromatic carbocycles. The van der Waals surface area contributed by atoms with E-state index in [0.717, 1.165) is 26.9 Å². The fourth-order valence-corrected chi connectivity index (χ4v) is 3.72. The number of hydrogen-bond acceptors (Lipinski definition) is 6. The van der Waals surface area contributed by atoms with Crippen LogP contribution in [0.4, 0.5) is 5.82 Å². The third-order valence-electron chi connectivity index (χ3n) is 4.36. The normalized spacial score (nSPS) is 10.9. The van der Waals surface area contributed by atoms with Crippen LogP contribution >= 0.6 is 39.1 Å². The summed E-state index contributed by atoms with van der Waals surface area (Å²) >= 11 is 15.5. The maximum absolute atomic E-state index is 9.49. The average molecular weight is 534 g/mol. The summed E-state index contributed by atoms with van der Waals surface area (Å²) in [4.78, 5) is 4.36. The van der Waals surface area contributed by atoms with E-state index in [0.29, 0.717) is 40.4 Å². The molecule has 3 aromatic rings. The van der Waals surface area contributed by atoms with Gasteiger partial charge in [-0.25, -0.2) is 4.98 Å². The van der Waals surface area contributed by atoms with E-state index in [1.165, 1.54) is 0 Å². The number of hydrazone groups is 1. The van der Waals surface area contributed by atoms with Gasteiger partial charge in [-0.1, -0.05) is 29.3 Å². The fraction of sp³-hybridized carbons (Fsp3) is 0.174. The Labute approximate surface area is 204 Å². The second-order valence-electron chi connectivity index (χ2n) is 6.79. The van der Waals surface area contributed by atoms with E-state index in [9.17, 15) is 5.26 Å². The molecule has 0 saturated carbocycles.